The molecule has 4 heterocycles. The van der Waals surface area contributed by atoms with Crippen molar-refractivity contribution in [2.45, 2.75) is 38.2 Å². The van der Waals surface area contributed by atoms with Gasteiger partial charge in [0.25, 0.3) is 0 Å². The summed E-state index contributed by atoms with van der Waals surface area (Å²) in [6.07, 6.45) is 4.26. The first-order valence-electron chi connectivity index (χ1n) is 12.3. The van der Waals surface area contributed by atoms with Gasteiger partial charge in [0, 0.05) is 18.0 Å². The standard InChI is InChI=1S/C26H24F2N6O5S/c1-26(2,32-25(35)36)23-29-10-16(11-30-23)14-7-8-17-15(9-14)12-34-13-18(31-17)22(34)33(40(3,37)38)19-5-4-6-20(21(19)34)39-24(27)28/h4-12,18,22,24,32H,13H2,1-3H3/p+1/t18-,22?,34+/m1/s1. The molecular formula is C26H25F2N6O5S+. The molecule has 208 valence electrons. The largest absolute Gasteiger partial charge is 0.465 e. The van der Waals surface area contributed by atoms with E-state index in [0.29, 0.717) is 39.9 Å². The second kappa shape index (κ2) is 8.66. The number of benzene rings is 2. The number of amides is 1. The summed E-state index contributed by atoms with van der Waals surface area (Å²) in [7, 11) is -3.78. The van der Waals surface area contributed by atoms with E-state index in [4.69, 9.17) is 14.8 Å². The molecule has 1 spiro atoms. The third kappa shape index (κ3) is 3.97. The highest BCUT2D eigenvalue weighted by Gasteiger charge is 2.68. The first-order chi connectivity index (χ1) is 18.8. The van der Waals surface area contributed by atoms with Crippen LogP contribution in [-0.4, -0.2) is 61.2 Å². The first-order valence-corrected chi connectivity index (χ1v) is 14.1. The summed E-state index contributed by atoms with van der Waals surface area (Å²) < 4.78 is 58.7. The third-order valence-corrected chi connectivity index (χ3v) is 8.54. The molecule has 2 aromatic carbocycles. The van der Waals surface area contributed by atoms with Crippen LogP contribution < -0.4 is 29.4 Å². The van der Waals surface area contributed by atoms with Gasteiger partial charge in [-0.2, -0.15) is 8.78 Å². The molecule has 2 N–H and O–H groups in total. The highest BCUT2D eigenvalue weighted by molar-refractivity contribution is 7.92. The number of alkyl halides is 2. The molecule has 6 rings (SSSR count). The Labute approximate surface area is 227 Å². The fourth-order valence-corrected chi connectivity index (χ4v) is 7.08. The number of hydrogen-bond acceptors (Lipinski definition) is 7. The van der Waals surface area contributed by atoms with Gasteiger partial charge in [-0.1, -0.05) is 12.1 Å². The molecule has 40 heavy (non-hydrogen) atoms. The van der Waals surface area contributed by atoms with Gasteiger partial charge in [-0.3, -0.25) is 4.99 Å². The van der Waals surface area contributed by atoms with Gasteiger partial charge in [-0.25, -0.2) is 32.0 Å². The Morgan fingerprint density at radius 2 is 1.93 bits per heavy atom. The SMILES string of the molecule is CC(C)(NC(=O)O)c1ncc(-c2ccc3c(c2)=C[N@@+]24C[C@@H](N=3)C2N(S(C)(=O)=O)c2cccc(OC(F)F)c24)cn1. The number of nitrogens with one attached hydrogen (secondary N) is 1. The van der Waals surface area contributed by atoms with Gasteiger partial charge < -0.3 is 15.2 Å². The number of ether oxygens (including phenoxy) is 1. The zero-order valence-corrected chi connectivity index (χ0v) is 22.4. The van der Waals surface area contributed by atoms with Crippen LogP contribution in [0.3, 0.4) is 0 Å². The smallest absolute Gasteiger partial charge is 0.405 e. The number of halogens is 2. The average Bonchev–Trinajstić information content (AvgIpc) is 2.95. The number of aromatic nitrogens is 2. The van der Waals surface area contributed by atoms with Gasteiger partial charge in [0.05, 0.1) is 22.4 Å². The predicted octanol–water partition coefficient (Wildman–Crippen LogP) is 2.11. The van der Waals surface area contributed by atoms with Gasteiger partial charge in [-0.05, 0) is 43.7 Å². The summed E-state index contributed by atoms with van der Waals surface area (Å²) in [5, 5.41) is 12.8. The lowest BCUT2D eigenvalue weighted by atomic mass is 10.0. The summed E-state index contributed by atoms with van der Waals surface area (Å²) in [6.45, 7) is 0.599. The van der Waals surface area contributed by atoms with Gasteiger partial charge in [0.2, 0.25) is 21.9 Å². The Morgan fingerprint density at radius 1 is 1.20 bits per heavy atom. The Morgan fingerprint density at radius 3 is 2.58 bits per heavy atom. The molecule has 1 saturated heterocycles. The summed E-state index contributed by atoms with van der Waals surface area (Å²) in [5.74, 6) is 0.212. The molecule has 1 fully saturated rings. The van der Waals surface area contributed by atoms with Crippen molar-refractivity contribution < 1.29 is 31.8 Å². The molecule has 3 aromatic rings. The summed E-state index contributed by atoms with van der Waals surface area (Å²) in [5.41, 5.74) is 1.05. The normalized spacial score (nSPS) is 22.6. The van der Waals surface area contributed by atoms with E-state index < -0.39 is 40.5 Å². The number of rotatable bonds is 6. The molecule has 0 aliphatic carbocycles. The maximum atomic E-state index is 13.4. The molecule has 2 bridgehead atoms. The second-order valence-corrected chi connectivity index (χ2v) is 12.4. The minimum absolute atomic E-state index is 0.0274. The fraction of sp³-hybridized carbons (Fsp3) is 0.308. The topological polar surface area (TPSA) is 134 Å². The van der Waals surface area contributed by atoms with Crippen LogP contribution in [0.2, 0.25) is 0 Å². The van der Waals surface area contributed by atoms with E-state index in [2.05, 4.69) is 15.3 Å². The Bertz CT molecular complexity index is 1780. The lowest BCUT2D eigenvalue weighted by Gasteiger charge is -2.49. The fourth-order valence-electron chi connectivity index (χ4n) is 5.87. The van der Waals surface area contributed by atoms with E-state index in [1.807, 2.05) is 24.4 Å². The van der Waals surface area contributed by atoms with Gasteiger partial charge in [0.1, 0.15) is 18.4 Å². The van der Waals surface area contributed by atoms with Crippen molar-refractivity contribution in [2.24, 2.45) is 4.99 Å². The number of carbonyl (C=O) groups is 1. The molecule has 11 nitrogen and oxygen atoms in total. The van der Waals surface area contributed by atoms with E-state index in [0.717, 1.165) is 11.8 Å². The quantitative estimate of drug-likeness (QED) is 0.433. The number of hydrogen-bond donors (Lipinski definition) is 2. The van der Waals surface area contributed by atoms with Crippen LogP contribution in [-0.2, 0) is 15.6 Å². The summed E-state index contributed by atoms with van der Waals surface area (Å²) in [4.78, 5) is 24.7. The zero-order valence-electron chi connectivity index (χ0n) is 21.6. The van der Waals surface area contributed by atoms with Crippen LogP contribution in [0.25, 0.3) is 17.3 Å². The Balaban J connectivity index is 1.48. The molecule has 3 atom stereocenters. The monoisotopic (exact) mass is 571 g/mol. The molecular weight excluding hydrogens is 546 g/mol. The number of carboxylic acid groups (broad SMARTS) is 1. The van der Waals surface area contributed by atoms with E-state index >= 15 is 0 Å². The molecule has 14 heteroatoms. The number of quaternary nitrogens is 1. The summed E-state index contributed by atoms with van der Waals surface area (Å²) >= 11 is 0. The van der Waals surface area contributed by atoms with Crippen molar-refractivity contribution in [3.8, 4) is 16.9 Å². The minimum atomic E-state index is -3.78. The van der Waals surface area contributed by atoms with Crippen molar-refractivity contribution >= 4 is 33.7 Å². The number of fused-ring (bicyclic) bond motifs is 4. The maximum Gasteiger partial charge on any atom is 0.405 e. The number of sulfonamides is 1. The van der Waals surface area contributed by atoms with Crippen LogP contribution in [0.4, 0.5) is 25.0 Å². The van der Waals surface area contributed by atoms with E-state index in [1.54, 1.807) is 32.3 Å². The third-order valence-electron chi connectivity index (χ3n) is 7.42. The van der Waals surface area contributed by atoms with Crippen LogP contribution in [0.5, 0.6) is 5.75 Å². The van der Waals surface area contributed by atoms with Crippen molar-refractivity contribution in [2.75, 3.05) is 17.1 Å². The van der Waals surface area contributed by atoms with E-state index in [-0.39, 0.29) is 10.2 Å². The summed E-state index contributed by atoms with van der Waals surface area (Å²) in [6, 6.07) is 9.62. The Hall–Kier alpha value is -4.17. The minimum Gasteiger partial charge on any atom is -0.465 e. The second-order valence-electron chi connectivity index (χ2n) is 10.5. The maximum absolute atomic E-state index is 13.4. The van der Waals surface area contributed by atoms with Crippen LogP contribution in [0.1, 0.15) is 19.7 Å². The van der Waals surface area contributed by atoms with Crippen molar-refractivity contribution in [1.82, 2.24) is 19.8 Å². The van der Waals surface area contributed by atoms with Crippen molar-refractivity contribution in [3.63, 3.8) is 0 Å². The van der Waals surface area contributed by atoms with E-state index in [1.165, 1.54) is 16.4 Å². The van der Waals surface area contributed by atoms with Crippen LogP contribution in [0.15, 0.2) is 53.8 Å². The van der Waals surface area contributed by atoms with E-state index in [9.17, 15) is 22.0 Å². The van der Waals surface area contributed by atoms with Gasteiger partial charge in [-0.15, -0.1) is 0 Å². The Kier molecular flexibility index (Phi) is 5.65. The molecule has 3 aliphatic heterocycles. The van der Waals surface area contributed by atoms with Gasteiger partial charge >= 0.3 is 12.7 Å². The van der Waals surface area contributed by atoms with Crippen LogP contribution in [0, 0.1) is 0 Å². The number of nitrogens with zero attached hydrogens (tertiary/aromatic N) is 5. The molecule has 1 unspecified atom stereocenters. The van der Waals surface area contributed by atoms with Gasteiger partial charge in [0.15, 0.2) is 17.6 Å². The average molecular weight is 572 g/mol. The molecule has 3 aliphatic rings. The lowest BCUT2D eigenvalue weighted by molar-refractivity contribution is -0.0505. The van der Waals surface area contributed by atoms with Crippen molar-refractivity contribution in [3.05, 3.63) is 65.2 Å². The highest BCUT2D eigenvalue weighted by Crippen LogP contribution is 2.58. The zero-order chi connectivity index (χ0) is 28.6. The molecule has 1 amide bonds. The number of anilines is 1. The molecule has 1 aromatic heterocycles. The highest BCUT2D eigenvalue weighted by atomic mass is 32.2. The van der Waals surface area contributed by atoms with Crippen LogP contribution >= 0.6 is 0 Å². The predicted molar refractivity (Wildman–Crippen MR) is 142 cm³/mol. The first kappa shape index (κ1) is 26.1. The number of para-hydroxylation sites is 1. The van der Waals surface area contributed by atoms with Crippen molar-refractivity contribution in [1.29, 1.82) is 0 Å². The lowest BCUT2D eigenvalue weighted by Crippen LogP contribution is -2.74. The molecule has 0 radical (unpaired) electrons. The molecule has 0 saturated carbocycles.